The van der Waals surface area contributed by atoms with Crippen LogP contribution in [0.5, 0.6) is 5.75 Å². The summed E-state index contributed by atoms with van der Waals surface area (Å²) < 4.78 is 5.02. The zero-order chi connectivity index (χ0) is 11.3. The summed E-state index contributed by atoms with van der Waals surface area (Å²) in [7, 11) is 3.24. The second kappa shape index (κ2) is 7.14. The molecule has 0 aromatic heterocycles. The molecule has 1 rings (SSSR count). The highest BCUT2D eigenvalue weighted by molar-refractivity contribution is 7.59. The summed E-state index contributed by atoms with van der Waals surface area (Å²) >= 11 is 0. The summed E-state index contributed by atoms with van der Waals surface area (Å²) in [6, 6.07) is 6.84. The van der Waals surface area contributed by atoms with E-state index < -0.39 is 12.0 Å². The van der Waals surface area contributed by atoms with Gasteiger partial charge in [0.2, 0.25) is 0 Å². The van der Waals surface area contributed by atoms with Gasteiger partial charge in [0.1, 0.15) is 11.8 Å². The molecule has 0 heterocycles. The normalized spacial score (nSPS) is 11.4. The van der Waals surface area contributed by atoms with Crippen LogP contribution in [0.1, 0.15) is 5.56 Å². The van der Waals surface area contributed by atoms with Crippen molar-refractivity contribution in [2.24, 2.45) is 0 Å². The SMILES string of the molecule is CN[C@@H](Cc1ccc(OC)cc1)C(=O)O.S. The van der Waals surface area contributed by atoms with Crippen LogP contribution < -0.4 is 10.1 Å². The van der Waals surface area contributed by atoms with Crippen LogP contribution in [-0.4, -0.2) is 31.3 Å². The minimum Gasteiger partial charge on any atom is -0.497 e. The second-order valence-corrected chi connectivity index (χ2v) is 3.23. The Balaban J connectivity index is 0.00000225. The van der Waals surface area contributed by atoms with Gasteiger partial charge in [-0.1, -0.05) is 12.1 Å². The molecule has 0 unspecified atom stereocenters. The zero-order valence-corrected chi connectivity index (χ0v) is 10.4. The molecule has 0 bridgehead atoms. The summed E-state index contributed by atoms with van der Waals surface area (Å²) in [5.41, 5.74) is 0.970. The van der Waals surface area contributed by atoms with E-state index in [2.05, 4.69) is 5.32 Å². The predicted octanol–water partition coefficient (Wildman–Crippen LogP) is 1.02. The number of carboxylic acid groups (broad SMARTS) is 1. The van der Waals surface area contributed by atoms with Crippen LogP contribution in [0.15, 0.2) is 24.3 Å². The molecule has 2 N–H and O–H groups in total. The number of aliphatic carboxylic acids is 1. The second-order valence-electron chi connectivity index (χ2n) is 3.23. The minimum absolute atomic E-state index is 0. The highest BCUT2D eigenvalue weighted by Gasteiger charge is 2.14. The van der Waals surface area contributed by atoms with Crippen LogP contribution in [0.25, 0.3) is 0 Å². The Hall–Kier alpha value is -1.20. The molecule has 0 spiro atoms. The highest BCUT2D eigenvalue weighted by Crippen LogP contribution is 2.12. The van der Waals surface area contributed by atoms with Crippen molar-refractivity contribution in [3.8, 4) is 5.75 Å². The Labute approximate surface area is 102 Å². The first kappa shape index (κ1) is 14.8. The van der Waals surface area contributed by atoms with Crippen LogP contribution in [0.2, 0.25) is 0 Å². The van der Waals surface area contributed by atoms with Gasteiger partial charge in [-0.05, 0) is 31.2 Å². The predicted molar refractivity (Wildman–Crippen MR) is 67.6 cm³/mol. The number of hydrogen-bond donors (Lipinski definition) is 2. The molecule has 1 aromatic carbocycles. The van der Waals surface area contributed by atoms with Gasteiger partial charge in [-0.2, -0.15) is 13.5 Å². The maximum atomic E-state index is 10.8. The van der Waals surface area contributed by atoms with Gasteiger partial charge in [0.05, 0.1) is 7.11 Å². The van der Waals surface area contributed by atoms with E-state index in [4.69, 9.17) is 9.84 Å². The number of hydrogen-bond acceptors (Lipinski definition) is 3. The number of carboxylic acids is 1. The van der Waals surface area contributed by atoms with E-state index >= 15 is 0 Å². The summed E-state index contributed by atoms with van der Waals surface area (Å²) in [5.74, 6) is -0.0663. The van der Waals surface area contributed by atoms with Crippen LogP contribution in [0, 0.1) is 0 Å². The largest absolute Gasteiger partial charge is 0.497 e. The van der Waals surface area contributed by atoms with Gasteiger partial charge in [-0.25, -0.2) is 0 Å². The average Bonchev–Trinajstić information content (AvgIpc) is 2.26. The molecule has 0 fully saturated rings. The number of rotatable bonds is 5. The van der Waals surface area contributed by atoms with Gasteiger partial charge in [0, 0.05) is 0 Å². The van der Waals surface area contributed by atoms with Crippen LogP contribution >= 0.6 is 13.5 Å². The molecule has 5 heteroatoms. The highest BCUT2D eigenvalue weighted by atomic mass is 32.1. The van der Waals surface area contributed by atoms with E-state index in [0.29, 0.717) is 6.42 Å². The van der Waals surface area contributed by atoms with Crippen molar-refractivity contribution in [3.05, 3.63) is 29.8 Å². The zero-order valence-electron chi connectivity index (χ0n) is 9.36. The number of nitrogens with one attached hydrogen (secondary N) is 1. The molecule has 0 saturated heterocycles. The van der Waals surface area contributed by atoms with Crippen molar-refractivity contribution in [3.63, 3.8) is 0 Å². The minimum atomic E-state index is -0.840. The van der Waals surface area contributed by atoms with Crippen LogP contribution in [-0.2, 0) is 11.2 Å². The van der Waals surface area contributed by atoms with Crippen LogP contribution in [0.3, 0.4) is 0 Å². The lowest BCUT2D eigenvalue weighted by molar-refractivity contribution is -0.139. The quantitative estimate of drug-likeness (QED) is 0.810. The third-order valence-corrected chi connectivity index (χ3v) is 2.25. The number of benzene rings is 1. The van der Waals surface area contributed by atoms with Gasteiger partial charge in [0.25, 0.3) is 0 Å². The van der Waals surface area contributed by atoms with Crippen molar-refractivity contribution < 1.29 is 14.6 Å². The molecule has 1 aromatic rings. The summed E-state index contributed by atoms with van der Waals surface area (Å²) in [6.07, 6.45) is 0.468. The number of likely N-dealkylation sites (N-methyl/N-ethyl adjacent to an activating group) is 1. The van der Waals surface area contributed by atoms with Crippen molar-refractivity contribution >= 4 is 19.5 Å². The molecular formula is C11H17NO3S. The number of methoxy groups -OCH3 is 1. The van der Waals surface area contributed by atoms with Crippen molar-refractivity contribution in [2.45, 2.75) is 12.5 Å². The van der Waals surface area contributed by atoms with Gasteiger partial charge in [-0.15, -0.1) is 0 Å². The fraction of sp³-hybridized carbons (Fsp3) is 0.364. The van der Waals surface area contributed by atoms with Crippen molar-refractivity contribution in [1.29, 1.82) is 0 Å². The molecule has 0 saturated carbocycles. The number of ether oxygens (including phenoxy) is 1. The Morgan fingerprint density at radius 2 is 2.00 bits per heavy atom. The molecule has 90 valence electrons. The smallest absolute Gasteiger partial charge is 0.321 e. The van der Waals surface area contributed by atoms with Gasteiger partial charge < -0.3 is 15.2 Å². The van der Waals surface area contributed by atoms with Gasteiger partial charge in [0.15, 0.2) is 0 Å². The maximum Gasteiger partial charge on any atom is 0.321 e. The first-order valence-corrected chi connectivity index (χ1v) is 4.70. The Morgan fingerprint density at radius 1 is 1.44 bits per heavy atom. The third kappa shape index (κ3) is 4.12. The fourth-order valence-corrected chi connectivity index (χ4v) is 1.31. The fourth-order valence-electron chi connectivity index (χ4n) is 1.31. The Kier molecular flexibility index (Phi) is 6.60. The molecule has 4 nitrogen and oxygen atoms in total. The lowest BCUT2D eigenvalue weighted by atomic mass is 10.1. The molecule has 0 aliphatic rings. The van der Waals surface area contributed by atoms with E-state index in [-0.39, 0.29) is 13.5 Å². The monoisotopic (exact) mass is 243 g/mol. The molecule has 16 heavy (non-hydrogen) atoms. The molecular weight excluding hydrogens is 226 g/mol. The molecule has 0 aliphatic carbocycles. The van der Waals surface area contributed by atoms with E-state index in [0.717, 1.165) is 11.3 Å². The topological polar surface area (TPSA) is 58.6 Å². The third-order valence-electron chi connectivity index (χ3n) is 2.25. The van der Waals surface area contributed by atoms with E-state index in [1.165, 1.54) is 0 Å². The maximum absolute atomic E-state index is 10.8. The summed E-state index contributed by atoms with van der Waals surface area (Å²) in [6.45, 7) is 0. The Bertz CT molecular complexity index is 327. The van der Waals surface area contributed by atoms with Crippen molar-refractivity contribution in [2.75, 3.05) is 14.2 Å². The van der Waals surface area contributed by atoms with Gasteiger partial charge in [-0.3, -0.25) is 4.79 Å². The Morgan fingerprint density at radius 3 is 2.38 bits per heavy atom. The standard InChI is InChI=1S/C11H15NO3.H2S/c1-12-10(11(13)14)7-8-3-5-9(15-2)6-4-8;/h3-6,10,12H,7H2,1-2H3,(H,13,14);1H2/t10-;/m0./s1. The molecule has 0 aliphatic heterocycles. The van der Waals surface area contributed by atoms with Crippen molar-refractivity contribution in [1.82, 2.24) is 5.32 Å². The van der Waals surface area contributed by atoms with Gasteiger partial charge >= 0.3 is 5.97 Å². The number of carbonyl (C=O) groups is 1. The molecule has 0 radical (unpaired) electrons. The van der Waals surface area contributed by atoms with Crippen LogP contribution in [0.4, 0.5) is 0 Å². The average molecular weight is 243 g/mol. The lowest BCUT2D eigenvalue weighted by Crippen LogP contribution is -2.35. The lowest BCUT2D eigenvalue weighted by Gasteiger charge is -2.11. The van der Waals surface area contributed by atoms with E-state index in [1.807, 2.05) is 24.3 Å². The first-order valence-electron chi connectivity index (χ1n) is 4.70. The van der Waals surface area contributed by atoms with E-state index in [9.17, 15) is 4.79 Å². The summed E-state index contributed by atoms with van der Waals surface area (Å²) in [5, 5.41) is 11.6. The van der Waals surface area contributed by atoms with E-state index in [1.54, 1.807) is 14.2 Å². The molecule has 0 amide bonds. The first-order chi connectivity index (χ1) is 7.17. The molecule has 1 atom stereocenters. The summed E-state index contributed by atoms with van der Waals surface area (Å²) in [4.78, 5) is 10.8.